The maximum Gasteiger partial charge on any atom is 0.211 e. The molecule has 0 saturated carbocycles. The van der Waals surface area contributed by atoms with E-state index in [1.165, 1.54) is 10.6 Å². The van der Waals surface area contributed by atoms with Crippen LogP contribution >= 0.6 is 0 Å². The molecule has 0 amide bonds. The van der Waals surface area contributed by atoms with E-state index >= 15 is 0 Å². The highest BCUT2D eigenvalue weighted by atomic mass is 32.2. The predicted molar refractivity (Wildman–Crippen MR) is 91.7 cm³/mol. The van der Waals surface area contributed by atoms with Gasteiger partial charge in [-0.2, -0.15) is 0 Å². The molecule has 5 nitrogen and oxygen atoms in total. The van der Waals surface area contributed by atoms with E-state index in [2.05, 4.69) is 0 Å². The van der Waals surface area contributed by atoms with E-state index in [0.29, 0.717) is 36.6 Å². The topological polar surface area (TPSA) is 63.7 Å². The SMILES string of the molecule is CS(=O)(=O)N1CC(COc2ccc(C(=O)c3ccccc3)cc2)C1. The summed E-state index contributed by atoms with van der Waals surface area (Å²) in [6.07, 6.45) is 1.21. The number of ketones is 1. The summed E-state index contributed by atoms with van der Waals surface area (Å²) >= 11 is 0. The average molecular weight is 345 g/mol. The predicted octanol–water partition coefficient (Wildman–Crippen LogP) is 2.19. The number of hydrogen-bond donors (Lipinski definition) is 0. The molecule has 2 aromatic carbocycles. The monoisotopic (exact) mass is 345 g/mol. The number of benzene rings is 2. The van der Waals surface area contributed by atoms with Crippen molar-refractivity contribution >= 4 is 15.8 Å². The molecule has 0 aromatic heterocycles. The lowest BCUT2D eigenvalue weighted by atomic mass is 10.0. The number of hydrogen-bond acceptors (Lipinski definition) is 4. The smallest absolute Gasteiger partial charge is 0.211 e. The van der Waals surface area contributed by atoms with Gasteiger partial charge >= 0.3 is 0 Å². The molecule has 2 aromatic rings. The van der Waals surface area contributed by atoms with E-state index in [0.717, 1.165) is 0 Å². The van der Waals surface area contributed by atoms with Crippen LogP contribution in [0.25, 0.3) is 0 Å². The molecule has 0 N–H and O–H groups in total. The zero-order valence-corrected chi connectivity index (χ0v) is 14.2. The van der Waals surface area contributed by atoms with Crippen molar-refractivity contribution < 1.29 is 17.9 Å². The number of carbonyl (C=O) groups is 1. The molecule has 1 heterocycles. The standard InChI is InChI=1S/C18H19NO4S/c1-24(21,22)19-11-14(12-19)13-23-17-9-7-16(8-10-17)18(20)15-5-3-2-4-6-15/h2-10,14H,11-13H2,1H3. The van der Waals surface area contributed by atoms with Crippen LogP contribution in [0, 0.1) is 5.92 Å². The van der Waals surface area contributed by atoms with Gasteiger partial charge in [-0.15, -0.1) is 0 Å². The molecular weight excluding hydrogens is 326 g/mol. The molecule has 126 valence electrons. The van der Waals surface area contributed by atoms with Crippen molar-refractivity contribution in [3.05, 3.63) is 65.7 Å². The summed E-state index contributed by atoms with van der Waals surface area (Å²) in [5.41, 5.74) is 1.27. The summed E-state index contributed by atoms with van der Waals surface area (Å²) in [5.74, 6) is 0.868. The van der Waals surface area contributed by atoms with E-state index < -0.39 is 10.0 Å². The molecule has 24 heavy (non-hydrogen) atoms. The Balaban J connectivity index is 1.53. The van der Waals surface area contributed by atoms with Crippen LogP contribution in [-0.2, 0) is 10.0 Å². The first kappa shape index (κ1) is 16.7. The summed E-state index contributed by atoms with van der Waals surface area (Å²) in [6.45, 7) is 1.48. The lowest BCUT2D eigenvalue weighted by Crippen LogP contribution is -2.51. The number of nitrogens with zero attached hydrogens (tertiary/aromatic N) is 1. The highest BCUT2D eigenvalue weighted by molar-refractivity contribution is 7.88. The molecule has 1 saturated heterocycles. The molecule has 0 atom stereocenters. The first-order valence-electron chi connectivity index (χ1n) is 7.71. The van der Waals surface area contributed by atoms with Gasteiger partial charge in [0.05, 0.1) is 12.9 Å². The molecule has 0 bridgehead atoms. The minimum atomic E-state index is -3.08. The van der Waals surface area contributed by atoms with Gasteiger partial charge in [0.25, 0.3) is 0 Å². The maximum absolute atomic E-state index is 12.3. The van der Waals surface area contributed by atoms with E-state index in [-0.39, 0.29) is 11.7 Å². The summed E-state index contributed by atoms with van der Waals surface area (Å²) in [4.78, 5) is 12.3. The van der Waals surface area contributed by atoms with Crippen molar-refractivity contribution in [1.29, 1.82) is 0 Å². The van der Waals surface area contributed by atoms with Gasteiger partial charge in [0.15, 0.2) is 5.78 Å². The van der Waals surface area contributed by atoms with Gasteiger partial charge in [0, 0.05) is 30.1 Å². The summed E-state index contributed by atoms with van der Waals surface area (Å²) in [6, 6.07) is 16.1. The van der Waals surface area contributed by atoms with E-state index in [9.17, 15) is 13.2 Å². The second-order valence-electron chi connectivity index (χ2n) is 5.98. The van der Waals surface area contributed by atoms with Crippen LogP contribution in [0.15, 0.2) is 54.6 Å². The molecule has 0 unspecified atom stereocenters. The lowest BCUT2D eigenvalue weighted by Gasteiger charge is -2.36. The Labute approximate surface area is 141 Å². The molecule has 0 spiro atoms. The summed E-state index contributed by atoms with van der Waals surface area (Å²) in [7, 11) is -3.08. The zero-order valence-electron chi connectivity index (χ0n) is 13.4. The van der Waals surface area contributed by atoms with Crippen LogP contribution in [0.2, 0.25) is 0 Å². The fourth-order valence-corrected chi connectivity index (χ4v) is 3.53. The summed E-state index contributed by atoms with van der Waals surface area (Å²) < 4.78 is 29.7. The van der Waals surface area contributed by atoms with Crippen molar-refractivity contribution in [2.24, 2.45) is 5.92 Å². The van der Waals surface area contributed by atoms with E-state index in [4.69, 9.17) is 4.74 Å². The highest BCUT2D eigenvalue weighted by Crippen LogP contribution is 2.21. The Morgan fingerprint density at radius 1 is 1.04 bits per heavy atom. The van der Waals surface area contributed by atoms with Crippen molar-refractivity contribution in [3.63, 3.8) is 0 Å². The number of carbonyl (C=O) groups excluding carboxylic acids is 1. The van der Waals surface area contributed by atoms with Crippen molar-refractivity contribution in [2.45, 2.75) is 0 Å². The number of sulfonamides is 1. The number of ether oxygens (including phenoxy) is 1. The van der Waals surface area contributed by atoms with Crippen LogP contribution in [-0.4, -0.2) is 44.5 Å². The minimum Gasteiger partial charge on any atom is -0.493 e. The van der Waals surface area contributed by atoms with Crippen LogP contribution in [0.1, 0.15) is 15.9 Å². The van der Waals surface area contributed by atoms with Gasteiger partial charge in [-0.25, -0.2) is 12.7 Å². The van der Waals surface area contributed by atoms with Crippen molar-refractivity contribution in [3.8, 4) is 5.75 Å². The quantitative estimate of drug-likeness (QED) is 0.753. The third-order valence-electron chi connectivity index (χ3n) is 4.03. The Morgan fingerprint density at radius 2 is 1.62 bits per heavy atom. The van der Waals surface area contributed by atoms with E-state index in [1.807, 2.05) is 18.2 Å². The van der Waals surface area contributed by atoms with Gasteiger partial charge in [-0.1, -0.05) is 30.3 Å². The molecule has 6 heteroatoms. The normalized spacial score (nSPS) is 15.7. The van der Waals surface area contributed by atoms with Gasteiger partial charge in [0.2, 0.25) is 10.0 Å². The van der Waals surface area contributed by atoms with Crippen molar-refractivity contribution in [1.82, 2.24) is 4.31 Å². The zero-order chi connectivity index (χ0) is 17.2. The van der Waals surface area contributed by atoms with Crippen LogP contribution in [0.5, 0.6) is 5.75 Å². The Kier molecular flexibility index (Phi) is 4.69. The van der Waals surface area contributed by atoms with Gasteiger partial charge < -0.3 is 4.74 Å². The van der Waals surface area contributed by atoms with Crippen LogP contribution in [0.3, 0.4) is 0 Å². The minimum absolute atomic E-state index is 0.0232. The molecular formula is C18H19NO4S. The average Bonchev–Trinajstić information content (AvgIpc) is 2.53. The fraction of sp³-hybridized carbons (Fsp3) is 0.278. The Morgan fingerprint density at radius 3 is 2.21 bits per heavy atom. The first-order valence-corrected chi connectivity index (χ1v) is 9.56. The van der Waals surface area contributed by atoms with Crippen LogP contribution in [0.4, 0.5) is 0 Å². The molecule has 0 radical (unpaired) electrons. The molecule has 1 aliphatic rings. The first-order chi connectivity index (χ1) is 11.4. The lowest BCUT2D eigenvalue weighted by molar-refractivity contribution is 0.103. The van der Waals surface area contributed by atoms with Gasteiger partial charge in [0.1, 0.15) is 5.75 Å². The molecule has 1 fully saturated rings. The third-order valence-corrected chi connectivity index (χ3v) is 5.27. The third kappa shape index (κ3) is 3.83. The summed E-state index contributed by atoms with van der Waals surface area (Å²) in [5, 5.41) is 0. The second-order valence-corrected chi connectivity index (χ2v) is 7.96. The van der Waals surface area contributed by atoms with Gasteiger partial charge in [-0.05, 0) is 24.3 Å². The fourth-order valence-electron chi connectivity index (χ4n) is 2.57. The Hall–Kier alpha value is -2.18. The largest absolute Gasteiger partial charge is 0.493 e. The maximum atomic E-state index is 12.3. The molecule has 0 aliphatic carbocycles. The highest BCUT2D eigenvalue weighted by Gasteiger charge is 2.33. The number of rotatable bonds is 6. The van der Waals surface area contributed by atoms with E-state index in [1.54, 1.807) is 36.4 Å². The second kappa shape index (κ2) is 6.75. The van der Waals surface area contributed by atoms with Crippen LogP contribution < -0.4 is 4.74 Å². The Bertz CT molecular complexity index is 810. The molecule has 3 rings (SSSR count). The molecule has 1 aliphatic heterocycles. The van der Waals surface area contributed by atoms with Gasteiger partial charge in [-0.3, -0.25) is 4.79 Å². The van der Waals surface area contributed by atoms with Crippen molar-refractivity contribution in [2.75, 3.05) is 26.0 Å².